The number of esters is 2. The lowest BCUT2D eigenvalue weighted by Crippen LogP contribution is -2.19. The van der Waals surface area contributed by atoms with E-state index in [0.717, 1.165) is 0 Å². The zero-order chi connectivity index (χ0) is 19.0. The van der Waals surface area contributed by atoms with Gasteiger partial charge in [-0.05, 0) is 18.6 Å². The van der Waals surface area contributed by atoms with Gasteiger partial charge in [0.25, 0.3) is 0 Å². The number of benzene rings is 1. The van der Waals surface area contributed by atoms with Gasteiger partial charge in [-0.25, -0.2) is 18.0 Å². The molecule has 0 aliphatic heterocycles. The van der Waals surface area contributed by atoms with Gasteiger partial charge in [0.15, 0.2) is 16.4 Å². The van der Waals surface area contributed by atoms with Gasteiger partial charge in [-0.15, -0.1) is 0 Å². The van der Waals surface area contributed by atoms with Crippen molar-refractivity contribution in [3.8, 4) is 0 Å². The number of carboxylic acids is 1. The molecule has 0 atom stereocenters. The summed E-state index contributed by atoms with van der Waals surface area (Å²) < 4.78 is 33.5. The standard InChI is InChI=1S/C16H18O8S/c1-11-5-3-4-6-13(11)25(21,22)8-7-23-15(19)9-12(2)16(20)24-10-14(17)18/h3-6H,2,7-10H2,1H3,(H,17,18). The van der Waals surface area contributed by atoms with Crippen molar-refractivity contribution in [1.82, 2.24) is 0 Å². The number of carbonyl (C=O) groups excluding carboxylic acids is 2. The molecule has 0 unspecified atom stereocenters. The predicted molar refractivity (Wildman–Crippen MR) is 86.5 cm³/mol. The molecule has 0 fully saturated rings. The Bertz CT molecular complexity index is 779. The molecule has 0 spiro atoms. The average Bonchev–Trinajstić information content (AvgIpc) is 2.52. The van der Waals surface area contributed by atoms with Crippen LogP contribution in [0.4, 0.5) is 0 Å². The maximum absolute atomic E-state index is 12.2. The molecule has 0 heterocycles. The van der Waals surface area contributed by atoms with Crippen LogP contribution in [0.2, 0.25) is 0 Å². The Morgan fingerprint density at radius 1 is 1.16 bits per heavy atom. The fourth-order valence-electron chi connectivity index (χ4n) is 1.81. The highest BCUT2D eigenvalue weighted by atomic mass is 32.2. The van der Waals surface area contributed by atoms with Gasteiger partial charge < -0.3 is 14.6 Å². The smallest absolute Gasteiger partial charge is 0.341 e. The molecule has 8 nitrogen and oxygen atoms in total. The van der Waals surface area contributed by atoms with Gasteiger partial charge in [0.1, 0.15) is 6.61 Å². The largest absolute Gasteiger partial charge is 0.479 e. The summed E-state index contributed by atoms with van der Waals surface area (Å²) in [5.41, 5.74) is 0.302. The molecule has 1 aromatic rings. The van der Waals surface area contributed by atoms with E-state index in [1.807, 2.05) is 0 Å². The summed E-state index contributed by atoms with van der Waals surface area (Å²) in [6.07, 6.45) is -0.525. The van der Waals surface area contributed by atoms with Gasteiger partial charge in [-0.3, -0.25) is 4.79 Å². The minimum atomic E-state index is -3.61. The van der Waals surface area contributed by atoms with Gasteiger partial charge in [0, 0.05) is 5.57 Å². The van der Waals surface area contributed by atoms with Crippen molar-refractivity contribution in [2.75, 3.05) is 19.0 Å². The van der Waals surface area contributed by atoms with Gasteiger partial charge in [-0.1, -0.05) is 24.8 Å². The van der Waals surface area contributed by atoms with Crippen LogP contribution in [0.1, 0.15) is 12.0 Å². The molecule has 0 aliphatic carbocycles. The quantitative estimate of drug-likeness (QED) is 0.502. The number of carboxylic acid groups (broad SMARTS) is 1. The summed E-state index contributed by atoms with van der Waals surface area (Å²) in [7, 11) is -3.61. The molecule has 9 heteroatoms. The summed E-state index contributed by atoms with van der Waals surface area (Å²) >= 11 is 0. The van der Waals surface area contributed by atoms with Crippen LogP contribution in [0.25, 0.3) is 0 Å². The SMILES string of the molecule is C=C(CC(=O)OCCS(=O)(=O)c1ccccc1C)C(=O)OCC(=O)O. The van der Waals surface area contributed by atoms with E-state index in [-0.39, 0.29) is 17.1 Å². The summed E-state index contributed by atoms with van der Waals surface area (Å²) in [5, 5.41) is 8.38. The normalized spacial score (nSPS) is 10.8. The second-order valence-corrected chi connectivity index (χ2v) is 7.13. The van der Waals surface area contributed by atoms with Crippen LogP contribution in [0.15, 0.2) is 41.3 Å². The molecule has 0 amide bonds. The Balaban J connectivity index is 2.47. The number of ether oxygens (including phenoxy) is 2. The summed E-state index contributed by atoms with van der Waals surface area (Å²) in [4.78, 5) is 33.4. The third-order valence-corrected chi connectivity index (χ3v) is 4.85. The highest BCUT2D eigenvalue weighted by molar-refractivity contribution is 7.91. The van der Waals surface area contributed by atoms with Crippen LogP contribution >= 0.6 is 0 Å². The van der Waals surface area contributed by atoms with Crippen LogP contribution in [-0.4, -0.2) is 50.4 Å². The van der Waals surface area contributed by atoms with E-state index in [0.29, 0.717) is 5.56 Å². The van der Waals surface area contributed by atoms with Crippen molar-refractivity contribution in [3.63, 3.8) is 0 Å². The zero-order valence-electron chi connectivity index (χ0n) is 13.6. The van der Waals surface area contributed by atoms with Gasteiger partial charge in [0.05, 0.1) is 17.1 Å². The maximum atomic E-state index is 12.2. The number of rotatable bonds is 9. The topological polar surface area (TPSA) is 124 Å². The average molecular weight is 370 g/mol. The Labute approximate surface area is 145 Å². The third-order valence-electron chi connectivity index (χ3n) is 3.02. The fourth-order valence-corrected chi connectivity index (χ4v) is 3.17. The Kier molecular flexibility index (Phi) is 7.31. The number of hydrogen-bond acceptors (Lipinski definition) is 7. The lowest BCUT2D eigenvalue weighted by molar-refractivity contribution is -0.153. The van der Waals surface area contributed by atoms with E-state index in [4.69, 9.17) is 9.84 Å². The summed E-state index contributed by atoms with van der Waals surface area (Å²) in [5.74, 6) is -3.64. The third kappa shape index (κ3) is 6.76. The number of aliphatic carboxylic acids is 1. The van der Waals surface area contributed by atoms with Crippen molar-refractivity contribution in [2.45, 2.75) is 18.2 Å². The first kappa shape index (κ1) is 20.4. The van der Waals surface area contributed by atoms with Crippen LogP contribution in [0, 0.1) is 6.92 Å². The monoisotopic (exact) mass is 370 g/mol. The molecule has 0 saturated heterocycles. The second kappa shape index (κ2) is 8.97. The van der Waals surface area contributed by atoms with Crippen LogP contribution < -0.4 is 0 Å². The molecule has 0 bridgehead atoms. The van der Waals surface area contributed by atoms with Gasteiger partial charge in [0.2, 0.25) is 0 Å². The fraction of sp³-hybridized carbons (Fsp3) is 0.312. The van der Waals surface area contributed by atoms with Crippen LogP contribution in [0.5, 0.6) is 0 Å². The van der Waals surface area contributed by atoms with Gasteiger partial charge >= 0.3 is 17.9 Å². The number of sulfone groups is 1. The first-order chi connectivity index (χ1) is 11.6. The van der Waals surface area contributed by atoms with Crippen LogP contribution in [0.3, 0.4) is 0 Å². The van der Waals surface area contributed by atoms with E-state index in [1.54, 1.807) is 25.1 Å². The first-order valence-corrected chi connectivity index (χ1v) is 8.79. The molecule has 1 aromatic carbocycles. The van der Waals surface area contributed by atoms with E-state index >= 15 is 0 Å². The zero-order valence-corrected chi connectivity index (χ0v) is 14.4. The molecule has 136 valence electrons. The lowest BCUT2D eigenvalue weighted by Gasteiger charge is -2.09. The lowest BCUT2D eigenvalue weighted by atomic mass is 10.2. The van der Waals surface area contributed by atoms with Crippen molar-refractivity contribution < 1.29 is 37.4 Å². The molecule has 1 N–H and O–H groups in total. The van der Waals surface area contributed by atoms with Crippen molar-refractivity contribution in [1.29, 1.82) is 0 Å². The summed E-state index contributed by atoms with van der Waals surface area (Å²) in [6, 6.07) is 6.43. The maximum Gasteiger partial charge on any atom is 0.341 e. The predicted octanol–water partition coefficient (Wildman–Crippen LogP) is 0.886. The molecular formula is C16H18O8S. The number of aryl methyl sites for hydroxylation is 1. The molecule has 25 heavy (non-hydrogen) atoms. The minimum absolute atomic E-state index is 0.160. The Morgan fingerprint density at radius 2 is 1.80 bits per heavy atom. The number of carbonyl (C=O) groups is 3. The van der Waals surface area contributed by atoms with E-state index in [2.05, 4.69) is 11.3 Å². The molecule has 0 aliphatic rings. The van der Waals surface area contributed by atoms with Crippen molar-refractivity contribution in [2.24, 2.45) is 0 Å². The second-order valence-electron chi connectivity index (χ2n) is 5.06. The van der Waals surface area contributed by atoms with E-state index in [1.165, 1.54) is 6.07 Å². The number of hydrogen-bond donors (Lipinski definition) is 1. The highest BCUT2D eigenvalue weighted by Gasteiger charge is 2.19. The molecule has 0 radical (unpaired) electrons. The van der Waals surface area contributed by atoms with Gasteiger partial charge in [-0.2, -0.15) is 0 Å². The van der Waals surface area contributed by atoms with Crippen molar-refractivity contribution >= 4 is 27.7 Å². The Hall–Kier alpha value is -2.68. The van der Waals surface area contributed by atoms with Crippen LogP contribution in [-0.2, 0) is 33.7 Å². The molecular weight excluding hydrogens is 352 g/mol. The van der Waals surface area contributed by atoms with E-state index in [9.17, 15) is 22.8 Å². The Morgan fingerprint density at radius 3 is 2.40 bits per heavy atom. The van der Waals surface area contributed by atoms with Crippen molar-refractivity contribution in [3.05, 3.63) is 42.0 Å². The molecule has 1 rings (SSSR count). The van der Waals surface area contributed by atoms with E-state index < -0.39 is 46.5 Å². The molecule has 0 aromatic heterocycles. The summed E-state index contributed by atoms with van der Waals surface area (Å²) in [6.45, 7) is 3.73. The highest BCUT2D eigenvalue weighted by Crippen LogP contribution is 2.15. The minimum Gasteiger partial charge on any atom is -0.479 e. The molecule has 0 saturated carbocycles. The first-order valence-electron chi connectivity index (χ1n) is 7.14.